The van der Waals surface area contributed by atoms with Crippen LogP contribution in [0.2, 0.25) is 0 Å². The Morgan fingerprint density at radius 3 is 3.06 bits per heavy atom. The first kappa shape index (κ1) is 11.1. The number of hydrogen-bond donors (Lipinski definition) is 1. The van der Waals surface area contributed by atoms with Gasteiger partial charge in [0.1, 0.15) is 5.75 Å². The average molecular weight is 233 g/mol. The second-order valence-corrected chi connectivity index (χ2v) is 4.82. The molecule has 2 aliphatic heterocycles. The molecule has 2 atom stereocenters. The molecule has 0 bridgehead atoms. The van der Waals surface area contributed by atoms with E-state index in [0.717, 1.165) is 38.4 Å². The van der Waals surface area contributed by atoms with E-state index in [0.29, 0.717) is 12.0 Å². The molecule has 2 heterocycles. The maximum absolute atomic E-state index is 5.79. The van der Waals surface area contributed by atoms with Crippen LogP contribution in [0.4, 0.5) is 0 Å². The number of fused-ring (bicyclic) bond motifs is 1. The van der Waals surface area contributed by atoms with Crippen LogP contribution in [0.5, 0.6) is 5.75 Å². The fraction of sp³-hybridized carbons (Fsp3) is 0.571. The van der Waals surface area contributed by atoms with Crippen molar-refractivity contribution in [3.63, 3.8) is 0 Å². The van der Waals surface area contributed by atoms with Crippen LogP contribution in [0.25, 0.3) is 0 Å². The lowest BCUT2D eigenvalue weighted by atomic mass is 9.90. The summed E-state index contributed by atoms with van der Waals surface area (Å²) in [5.74, 6) is 1.68. The molecule has 3 heteroatoms. The molecule has 1 aromatic carbocycles. The lowest BCUT2D eigenvalue weighted by Gasteiger charge is -2.24. The molecule has 1 aromatic rings. The first-order valence-electron chi connectivity index (χ1n) is 6.39. The normalized spacial score (nSPS) is 24.4. The molecule has 1 fully saturated rings. The Morgan fingerprint density at radius 2 is 2.29 bits per heavy atom. The average Bonchev–Trinajstić information content (AvgIpc) is 3.00. The number of hydrogen-bond acceptors (Lipinski definition) is 3. The van der Waals surface area contributed by atoms with Gasteiger partial charge in [-0.3, -0.25) is 0 Å². The Balaban J connectivity index is 1.93. The molecule has 0 amide bonds. The quantitative estimate of drug-likeness (QED) is 0.865. The summed E-state index contributed by atoms with van der Waals surface area (Å²) in [6.07, 6.45) is 2.18. The van der Waals surface area contributed by atoms with Crippen molar-refractivity contribution >= 4 is 0 Å². The van der Waals surface area contributed by atoms with E-state index in [4.69, 9.17) is 9.47 Å². The third-order valence-corrected chi connectivity index (χ3v) is 3.83. The van der Waals surface area contributed by atoms with E-state index in [1.807, 2.05) is 7.05 Å². The standard InChI is InChI=1S/C14H19NO2/c1-15-13(11-5-7-16-9-11)12-4-2-3-10-6-8-17-14(10)12/h2-4,11,13,15H,5-9H2,1H3. The molecule has 92 valence electrons. The van der Waals surface area contributed by atoms with Crippen molar-refractivity contribution in [2.75, 3.05) is 26.9 Å². The van der Waals surface area contributed by atoms with E-state index in [1.165, 1.54) is 11.1 Å². The van der Waals surface area contributed by atoms with Crippen LogP contribution in [-0.2, 0) is 11.2 Å². The fourth-order valence-electron chi connectivity index (χ4n) is 2.95. The Kier molecular flexibility index (Phi) is 3.04. The molecule has 0 radical (unpaired) electrons. The van der Waals surface area contributed by atoms with Crippen molar-refractivity contribution in [1.29, 1.82) is 0 Å². The summed E-state index contributed by atoms with van der Waals surface area (Å²) in [5, 5.41) is 3.43. The fourth-order valence-corrected chi connectivity index (χ4v) is 2.95. The molecule has 1 N–H and O–H groups in total. The highest BCUT2D eigenvalue weighted by Gasteiger charge is 2.29. The molecule has 2 aliphatic rings. The van der Waals surface area contributed by atoms with Gasteiger partial charge in [-0.25, -0.2) is 0 Å². The SMILES string of the molecule is CNC(c1cccc2c1OCC2)C1CCOC1. The van der Waals surface area contributed by atoms with Crippen LogP contribution < -0.4 is 10.1 Å². The zero-order valence-corrected chi connectivity index (χ0v) is 10.2. The van der Waals surface area contributed by atoms with Crippen molar-refractivity contribution in [3.05, 3.63) is 29.3 Å². The molecule has 0 aromatic heterocycles. The zero-order chi connectivity index (χ0) is 11.7. The van der Waals surface area contributed by atoms with Crippen LogP contribution in [0.15, 0.2) is 18.2 Å². The summed E-state index contributed by atoms with van der Waals surface area (Å²) in [4.78, 5) is 0. The second-order valence-electron chi connectivity index (χ2n) is 4.82. The number of benzene rings is 1. The largest absolute Gasteiger partial charge is 0.493 e. The highest BCUT2D eigenvalue weighted by molar-refractivity contribution is 5.45. The van der Waals surface area contributed by atoms with E-state index in [1.54, 1.807) is 0 Å². The minimum Gasteiger partial charge on any atom is -0.493 e. The van der Waals surface area contributed by atoms with Gasteiger partial charge in [0.2, 0.25) is 0 Å². The van der Waals surface area contributed by atoms with Crippen molar-refractivity contribution in [3.8, 4) is 5.75 Å². The Hall–Kier alpha value is -1.06. The molecule has 2 unspecified atom stereocenters. The van der Waals surface area contributed by atoms with Crippen molar-refractivity contribution < 1.29 is 9.47 Å². The van der Waals surface area contributed by atoms with Gasteiger partial charge in [-0.2, -0.15) is 0 Å². The van der Waals surface area contributed by atoms with Crippen LogP contribution in [-0.4, -0.2) is 26.9 Å². The molecule has 0 spiro atoms. The molecule has 17 heavy (non-hydrogen) atoms. The lowest BCUT2D eigenvalue weighted by molar-refractivity contribution is 0.177. The summed E-state index contributed by atoms with van der Waals surface area (Å²) in [7, 11) is 2.03. The summed E-state index contributed by atoms with van der Waals surface area (Å²) in [5.41, 5.74) is 2.65. The maximum Gasteiger partial charge on any atom is 0.127 e. The molecule has 0 aliphatic carbocycles. The van der Waals surface area contributed by atoms with Crippen molar-refractivity contribution in [1.82, 2.24) is 5.32 Å². The third-order valence-electron chi connectivity index (χ3n) is 3.83. The Labute approximate surface area is 102 Å². The van der Waals surface area contributed by atoms with Gasteiger partial charge in [0.05, 0.1) is 13.2 Å². The smallest absolute Gasteiger partial charge is 0.127 e. The van der Waals surface area contributed by atoms with Crippen LogP contribution >= 0.6 is 0 Å². The Morgan fingerprint density at radius 1 is 1.35 bits per heavy atom. The van der Waals surface area contributed by atoms with Gasteiger partial charge < -0.3 is 14.8 Å². The van der Waals surface area contributed by atoms with Crippen LogP contribution in [0.3, 0.4) is 0 Å². The number of ether oxygens (including phenoxy) is 2. The molecule has 0 saturated carbocycles. The van der Waals surface area contributed by atoms with E-state index >= 15 is 0 Å². The van der Waals surface area contributed by atoms with E-state index in [9.17, 15) is 0 Å². The van der Waals surface area contributed by atoms with Crippen LogP contribution in [0.1, 0.15) is 23.6 Å². The van der Waals surface area contributed by atoms with Gasteiger partial charge in [-0.05, 0) is 19.0 Å². The first-order valence-corrected chi connectivity index (χ1v) is 6.39. The van der Waals surface area contributed by atoms with Gasteiger partial charge >= 0.3 is 0 Å². The lowest BCUT2D eigenvalue weighted by Crippen LogP contribution is -2.26. The highest BCUT2D eigenvalue weighted by atomic mass is 16.5. The zero-order valence-electron chi connectivity index (χ0n) is 10.2. The number of rotatable bonds is 3. The van der Waals surface area contributed by atoms with E-state index < -0.39 is 0 Å². The summed E-state index contributed by atoms with van der Waals surface area (Å²) < 4.78 is 11.3. The molecule has 3 rings (SSSR count). The van der Waals surface area contributed by atoms with Gasteiger partial charge in [0, 0.05) is 30.6 Å². The molecule has 1 saturated heterocycles. The number of para-hydroxylation sites is 1. The van der Waals surface area contributed by atoms with Crippen LogP contribution in [0, 0.1) is 5.92 Å². The molecule has 3 nitrogen and oxygen atoms in total. The minimum absolute atomic E-state index is 0.352. The molecular formula is C14H19NO2. The van der Waals surface area contributed by atoms with E-state index in [2.05, 4.69) is 23.5 Å². The van der Waals surface area contributed by atoms with Gasteiger partial charge in [-0.15, -0.1) is 0 Å². The van der Waals surface area contributed by atoms with Crippen molar-refractivity contribution in [2.45, 2.75) is 18.9 Å². The summed E-state index contributed by atoms with van der Waals surface area (Å²) in [6.45, 7) is 2.57. The van der Waals surface area contributed by atoms with E-state index in [-0.39, 0.29) is 0 Å². The predicted octanol–water partition coefficient (Wildman–Crippen LogP) is 1.92. The minimum atomic E-state index is 0.352. The second kappa shape index (κ2) is 4.67. The number of nitrogens with one attached hydrogen (secondary N) is 1. The highest BCUT2D eigenvalue weighted by Crippen LogP contribution is 2.38. The third kappa shape index (κ3) is 1.94. The molecular weight excluding hydrogens is 214 g/mol. The monoisotopic (exact) mass is 233 g/mol. The predicted molar refractivity (Wildman–Crippen MR) is 66.4 cm³/mol. The maximum atomic E-state index is 5.79. The summed E-state index contributed by atoms with van der Waals surface area (Å²) in [6, 6.07) is 6.85. The first-order chi connectivity index (χ1) is 8.40. The van der Waals surface area contributed by atoms with Gasteiger partial charge in [0.25, 0.3) is 0 Å². The Bertz CT molecular complexity index is 399. The van der Waals surface area contributed by atoms with Gasteiger partial charge in [0.15, 0.2) is 0 Å². The van der Waals surface area contributed by atoms with Gasteiger partial charge in [-0.1, -0.05) is 18.2 Å². The van der Waals surface area contributed by atoms with Crippen molar-refractivity contribution in [2.24, 2.45) is 5.92 Å². The summed E-state index contributed by atoms with van der Waals surface area (Å²) >= 11 is 0. The topological polar surface area (TPSA) is 30.5 Å².